The van der Waals surface area contributed by atoms with Gasteiger partial charge in [0.25, 0.3) is 5.91 Å². The van der Waals surface area contributed by atoms with E-state index in [-0.39, 0.29) is 5.91 Å². The van der Waals surface area contributed by atoms with Crippen LogP contribution in [0.25, 0.3) is 0 Å². The van der Waals surface area contributed by atoms with Crippen molar-refractivity contribution in [3.05, 3.63) is 35.4 Å². The van der Waals surface area contributed by atoms with E-state index in [2.05, 4.69) is 10.6 Å². The molecule has 15 heavy (non-hydrogen) atoms. The lowest BCUT2D eigenvalue weighted by Crippen LogP contribution is -2.18. The van der Waals surface area contributed by atoms with Gasteiger partial charge in [-0.3, -0.25) is 4.79 Å². The highest BCUT2D eigenvalue weighted by Crippen LogP contribution is 2.19. The Labute approximate surface area is 89.9 Å². The van der Waals surface area contributed by atoms with Crippen molar-refractivity contribution in [1.29, 1.82) is 0 Å². The van der Waals surface area contributed by atoms with Gasteiger partial charge in [0.15, 0.2) is 0 Å². The van der Waals surface area contributed by atoms with Crippen LogP contribution in [0.4, 0.5) is 0 Å². The molecule has 1 saturated carbocycles. The summed E-state index contributed by atoms with van der Waals surface area (Å²) < 4.78 is 0. The molecular weight excluding hydrogens is 188 g/mol. The summed E-state index contributed by atoms with van der Waals surface area (Å²) in [5.74, 6) is -0.0308. The van der Waals surface area contributed by atoms with Crippen molar-refractivity contribution in [1.82, 2.24) is 10.6 Å². The number of hydrogen-bond donors (Lipinski definition) is 2. The molecule has 1 amide bonds. The first-order chi connectivity index (χ1) is 7.29. The fourth-order valence-corrected chi connectivity index (χ4v) is 1.47. The third kappa shape index (κ3) is 2.80. The van der Waals surface area contributed by atoms with Crippen molar-refractivity contribution in [3.8, 4) is 0 Å². The standard InChI is InChI=1S/C12H16N2O/c1-13-12(15)10-4-2-9(3-5-10)8-14-11-6-7-11/h2-5,11,14H,6-8H2,1H3,(H,13,15). The normalized spacial score (nSPS) is 15.0. The summed E-state index contributed by atoms with van der Waals surface area (Å²) in [6.45, 7) is 0.901. The number of carbonyl (C=O) groups is 1. The van der Waals surface area contributed by atoms with E-state index in [9.17, 15) is 4.79 Å². The molecule has 3 heteroatoms. The van der Waals surface area contributed by atoms with E-state index >= 15 is 0 Å². The second-order valence-electron chi connectivity index (χ2n) is 3.93. The first-order valence-electron chi connectivity index (χ1n) is 5.34. The van der Waals surface area contributed by atoms with Gasteiger partial charge in [0.1, 0.15) is 0 Å². The number of rotatable bonds is 4. The fraction of sp³-hybridized carbons (Fsp3) is 0.417. The minimum absolute atomic E-state index is 0.0308. The third-order valence-electron chi connectivity index (χ3n) is 2.62. The van der Waals surface area contributed by atoms with Gasteiger partial charge < -0.3 is 10.6 Å². The van der Waals surface area contributed by atoms with E-state index in [0.29, 0.717) is 5.56 Å². The Hall–Kier alpha value is -1.35. The van der Waals surface area contributed by atoms with E-state index in [1.54, 1.807) is 7.05 Å². The molecule has 1 aliphatic carbocycles. The zero-order chi connectivity index (χ0) is 10.7. The van der Waals surface area contributed by atoms with Crippen LogP contribution in [-0.2, 0) is 6.54 Å². The average Bonchev–Trinajstić information content (AvgIpc) is 3.10. The monoisotopic (exact) mass is 204 g/mol. The highest BCUT2D eigenvalue weighted by molar-refractivity contribution is 5.93. The molecule has 0 unspecified atom stereocenters. The molecule has 0 atom stereocenters. The molecule has 2 N–H and O–H groups in total. The number of amides is 1. The predicted molar refractivity (Wildman–Crippen MR) is 59.7 cm³/mol. The van der Waals surface area contributed by atoms with Gasteiger partial charge in [0.2, 0.25) is 0 Å². The van der Waals surface area contributed by atoms with E-state index < -0.39 is 0 Å². The van der Waals surface area contributed by atoms with Crippen molar-refractivity contribution in [3.63, 3.8) is 0 Å². The van der Waals surface area contributed by atoms with Gasteiger partial charge >= 0.3 is 0 Å². The van der Waals surface area contributed by atoms with Gasteiger partial charge in [-0.05, 0) is 30.5 Å². The van der Waals surface area contributed by atoms with Crippen LogP contribution in [0.5, 0.6) is 0 Å². The summed E-state index contributed by atoms with van der Waals surface area (Å²) in [5.41, 5.74) is 1.95. The molecule has 0 aromatic heterocycles. The van der Waals surface area contributed by atoms with E-state index in [1.807, 2.05) is 24.3 Å². The van der Waals surface area contributed by atoms with Gasteiger partial charge in [0.05, 0.1) is 0 Å². The van der Waals surface area contributed by atoms with Gasteiger partial charge in [0, 0.05) is 25.2 Å². The lowest BCUT2D eigenvalue weighted by atomic mass is 10.1. The summed E-state index contributed by atoms with van der Waals surface area (Å²) >= 11 is 0. The van der Waals surface area contributed by atoms with Crippen LogP contribution in [0.15, 0.2) is 24.3 Å². The van der Waals surface area contributed by atoms with E-state index in [1.165, 1.54) is 18.4 Å². The van der Waals surface area contributed by atoms with Crippen LogP contribution in [0.3, 0.4) is 0 Å². The summed E-state index contributed by atoms with van der Waals surface area (Å²) in [4.78, 5) is 11.3. The quantitative estimate of drug-likeness (QED) is 0.776. The number of hydrogen-bond acceptors (Lipinski definition) is 2. The Balaban J connectivity index is 1.93. The predicted octanol–water partition coefficient (Wildman–Crippen LogP) is 1.30. The lowest BCUT2D eigenvalue weighted by molar-refractivity contribution is 0.0963. The van der Waals surface area contributed by atoms with Crippen molar-refractivity contribution in [2.45, 2.75) is 25.4 Å². The van der Waals surface area contributed by atoms with Crippen LogP contribution in [-0.4, -0.2) is 19.0 Å². The smallest absolute Gasteiger partial charge is 0.251 e. The van der Waals surface area contributed by atoms with Crippen molar-refractivity contribution in [2.24, 2.45) is 0 Å². The number of benzene rings is 1. The Morgan fingerprint density at radius 3 is 2.53 bits per heavy atom. The van der Waals surface area contributed by atoms with Crippen LogP contribution in [0.2, 0.25) is 0 Å². The van der Waals surface area contributed by atoms with Gasteiger partial charge in [-0.2, -0.15) is 0 Å². The molecule has 1 aliphatic rings. The largest absolute Gasteiger partial charge is 0.355 e. The van der Waals surface area contributed by atoms with Crippen molar-refractivity contribution < 1.29 is 4.79 Å². The Bertz CT molecular complexity index is 341. The lowest BCUT2D eigenvalue weighted by Gasteiger charge is -2.04. The summed E-state index contributed by atoms with van der Waals surface area (Å²) in [7, 11) is 1.64. The van der Waals surface area contributed by atoms with Crippen molar-refractivity contribution >= 4 is 5.91 Å². The number of nitrogens with one attached hydrogen (secondary N) is 2. The van der Waals surface area contributed by atoms with Gasteiger partial charge in [-0.1, -0.05) is 12.1 Å². The molecule has 1 aromatic rings. The molecule has 0 saturated heterocycles. The highest BCUT2D eigenvalue weighted by Gasteiger charge is 2.19. The Morgan fingerprint density at radius 1 is 1.33 bits per heavy atom. The van der Waals surface area contributed by atoms with Crippen LogP contribution >= 0.6 is 0 Å². The number of carbonyl (C=O) groups excluding carboxylic acids is 1. The molecule has 0 spiro atoms. The Kier molecular flexibility index (Phi) is 3.02. The molecule has 0 aliphatic heterocycles. The molecule has 0 bridgehead atoms. The highest BCUT2D eigenvalue weighted by atomic mass is 16.1. The summed E-state index contributed by atoms with van der Waals surface area (Å²) in [6, 6.07) is 8.45. The maximum Gasteiger partial charge on any atom is 0.251 e. The molecule has 80 valence electrons. The molecule has 1 fully saturated rings. The summed E-state index contributed by atoms with van der Waals surface area (Å²) in [6.07, 6.45) is 2.60. The van der Waals surface area contributed by atoms with Crippen LogP contribution in [0, 0.1) is 0 Å². The average molecular weight is 204 g/mol. The molecule has 1 aromatic carbocycles. The summed E-state index contributed by atoms with van der Waals surface area (Å²) in [5, 5.41) is 6.04. The fourth-order valence-electron chi connectivity index (χ4n) is 1.47. The first-order valence-corrected chi connectivity index (χ1v) is 5.34. The third-order valence-corrected chi connectivity index (χ3v) is 2.62. The molecule has 2 rings (SSSR count). The van der Waals surface area contributed by atoms with Gasteiger partial charge in [-0.25, -0.2) is 0 Å². The minimum Gasteiger partial charge on any atom is -0.355 e. The second kappa shape index (κ2) is 4.45. The van der Waals surface area contributed by atoms with E-state index in [4.69, 9.17) is 0 Å². The first kappa shape index (κ1) is 10.2. The maximum atomic E-state index is 11.3. The molecule has 0 radical (unpaired) electrons. The SMILES string of the molecule is CNC(=O)c1ccc(CNC2CC2)cc1. The maximum absolute atomic E-state index is 11.3. The molecule has 0 heterocycles. The molecule has 3 nitrogen and oxygen atoms in total. The topological polar surface area (TPSA) is 41.1 Å². The van der Waals surface area contributed by atoms with Crippen LogP contribution in [0.1, 0.15) is 28.8 Å². The Morgan fingerprint density at radius 2 is 2.00 bits per heavy atom. The zero-order valence-electron chi connectivity index (χ0n) is 8.92. The van der Waals surface area contributed by atoms with Gasteiger partial charge in [-0.15, -0.1) is 0 Å². The minimum atomic E-state index is -0.0308. The zero-order valence-corrected chi connectivity index (χ0v) is 8.92. The van der Waals surface area contributed by atoms with Crippen molar-refractivity contribution in [2.75, 3.05) is 7.05 Å². The second-order valence-corrected chi connectivity index (χ2v) is 3.93. The van der Waals surface area contributed by atoms with E-state index in [0.717, 1.165) is 12.6 Å². The molecular formula is C12H16N2O. The van der Waals surface area contributed by atoms with Crippen LogP contribution < -0.4 is 10.6 Å².